The number of ether oxygens (including phenoxy) is 2. The van der Waals surface area contributed by atoms with Gasteiger partial charge in [0.1, 0.15) is 0 Å². The van der Waals surface area contributed by atoms with Gasteiger partial charge in [-0.25, -0.2) is 4.98 Å². The number of aromatic nitrogens is 2. The molecule has 0 spiro atoms. The third-order valence-corrected chi connectivity index (χ3v) is 2.41. The van der Waals surface area contributed by atoms with E-state index in [1.54, 1.807) is 20.4 Å². The highest BCUT2D eigenvalue weighted by Gasteiger charge is 2.08. The maximum Gasteiger partial charge on any atom is 0.232 e. The monoisotopic (exact) mass is 275 g/mol. The summed E-state index contributed by atoms with van der Waals surface area (Å²) in [5.41, 5.74) is 0. The second kappa shape index (κ2) is 5.87. The smallest absolute Gasteiger partial charge is 0.232 e. The fraction of sp³-hybridized carbons (Fsp3) is 0.556. The number of anilines is 1. The van der Waals surface area contributed by atoms with E-state index in [-0.39, 0.29) is 0 Å². The van der Waals surface area contributed by atoms with Crippen LogP contribution in [-0.4, -0.2) is 44.4 Å². The van der Waals surface area contributed by atoms with Crippen LogP contribution >= 0.6 is 15.9 Å². The van der Waals surface area contributed by atoms with Crippen molar-refractivity contribution in [3.63, 3.8) is 0 Å². The summed E-state index contributed by atoms with van der Waals surface area (Å²) in [7, 11) is 5.14. The Hall–Kier alpha value is -0.880. The van der Waals surface area contributed by atoms with Gasteiger partial charge in [0, 0.05) is 20.7 Å². The molecule has 1 aromatic rings. The predicted octanol–water partition coefficient (Wildman–Crippen LogP) is 1.33. The molecule has 0 aliphatic heterocycles. The molecule has 0 bridgehead atoms. The highest BCUT2D eigenvalue weighted by atomic mass is 79.9. The predicted molar refractivity (Wildman–Crippen MR) is 61.4 cm³/mol. The number of rotatable bonds is 5. The lowest BCUT2D eigenvalue weighted by Crippen LogP contribution is -2.24. The maximum atomic E-state index is 5.08. The molecule has 6 heteroatoms. The molecule has 0 amide bonds. The second-order valence-corrected chi connectivity index (χ2v) is 3.80. The van der Waals surface area contributed by atoms with Gasteiger partial charge in [-0.3, -0.25) is 0 Å². The first-order chi connectivity index (χ1) is 7.19. The fourth-order valence-corrected chi connectivity index (χ4v) is 1.35. The Kier molecular flexibility index (Phi) is 4.77. The van der Waals surface area contributed by atoms with Gasteiger partial charge >= 0.3 is 0 Å². The summed E-state index contributed by atoms with van der Waals surface area (Å²) < 4.78 is 10.8. The number of halogens is 1. The lowest BCUT2D eigenvalue weighted by Gasteiger charge is -2.16. The first kappa shape index (κ1) is 12.2. The van der Waals surface area contributed by atoms with Crippen molar-refractivity contribution in [1.82, 2.24) is 9.97 Å². The van der Waals surface area contributed by atoms with Gasteiger partial charge in [0.2, 0.25) is 11.8 Å². The number of hydrogen-bond donors (Lipinski definition) is 0. The van der Waals surface area contributed by atoms with E-state index < -0.39 is 0 Å². The van der Waals surface area contributed by atoms with Crippen LogP contribution in [0, 0.1) is 0 Å². The number of methoxy groups -OCH3 is 2. The molecule has 15 heavy (non-hydrogen) atoms. The molecule has 0 unspecified atom stereocenters. The quantitative estimate of drug-likeness (QED) is 0.812. The first-order valence-electron chi connectivity index (χ1n) is 4.45. The molecular weight excluding hydrogens is 262 g/mol. The van der Waals surface area contributed by atoms with Crippen molar-refractivity contribution in [2.24, 2.45) is 0 Å². The van der Waals surface area contributed by atoms with Crippen LogP contribution in [0.3, 0.4) is 0 Å². The summed E-state index contributed by atoms with van der Waals surface area (Å²) in [6.07, 6.45) is 1.67. The average Bonchev–Trinajstić information content (AvgIpc) is 2.26. The van der Waals surface area contributed by atoms with Crippen LogP contribution in [0.2, 0.25) is 0 Å². The van der Waals surface area contributed by atoms with E-state index in [1.807, 2.05) is 11.9 Å². The van der Waals surface area contributed by atoms with E-state index in [0.717, 1.165) is 11.0 Å². The van der Waals surface area contributed by atoms with Crippen molar-refractivity contribution in [2.45, 2.75) is 0 Å². The van der Waals surface area contributed by atoms with Crippen LogP contribution < -0.4 is 9.64 Å². The highest BCUT2D eigenvalue weighted by Crippen LogP contribution is 2.22. The molecule has 0 aliphatic carbocycles. The third-order valence-electron chi connectivity index (χ3n) is 1.86. The van der Waals surface area contributed by atoms with Gasteiger partial charge in [0.05, 0.1) is 24.4 Å². The minimum Gasteiger partial charge on any atom is -0.480 e. The van der Waals surface area contributed by atoms with E-state index in [1.165, 1.54) is 0 Å². The minimum atomic E-state index is 0.532. The van der Waals surface area contributed by atoms with Crippen LogP contribution in [0.1, 0.15) is 0 Å². The van der Waals surface area contributed by atoms with Gasteiger partial charge < -0.3 is 14.4 Å². The summed E-state index contributed by atoms with van der Waals surface area (Å²) in [5.74, 6) is 1.15. The van der Waals surface area contributed by atoms with Crippen molar-refractivity contribution in [3.8, 4) is 5.88 Å². The van der Waals surface area contributed by atoms with Crippen LogP contribution in [0.4, 0.5) is 5.95 Å². The average molecular weight is 276 g/mol. The van der Waals surface area contributed by atoms with Crippen LogP contribution in [0.25, 0.3) is 0 Å². The molecule has 0 atom stereocenters. The molecule has 0 radical (unpaired) electrons. The van der Waals surface area contributed by atoms with Gasteiger partial charge in [-0.05, 0) is 15.9 Å². The number of hydrogen-bond acceptors (Lipinski definition) is 5. The molecule has 1 aromatic heterocycles. The molecule has 0 aromatic carbocycles. The Morgan fingerprint density at radius 3 is 2.80 bits per heavy atom. The van der Waals surface area contributed by atoms with E-state index in [9.17, 15) is 0 Å². The van der Waals surface area contributed by atoms with Gasteiger partial charge in [0.15, 0.2) is 0 Å². The van der Waals surface area contributed by atoms with Crippen molar-refractivity contribution in [2.75, 3.05) is 39.3 Å². The zero-order chi connectivity index (χ0) is 11.3. The summed E-state index contributed by atoms with van der Waals surface area (Å²) in [5, 5.41) is 0. The molecule has 0 saturated heterocycles. The molecule has 0 aliphatic rings. The molecule has 84 valence electrons. The standard InChI is InChI=1S/C9H14BrN3O2/c1-13(4-5-14-2)9-11-6-7(10)8(12-9)15-3/h6H,4-5H2,1-3H3. The van der Waals surface area contributed by atoms with Crippen molar-refractivity contribution >= 4 is 21.9 Å². The summed E-state index contributed by atoms with van der Waals surface area (Å²) in [6, 6.07) is 0. The summed E-state index contributed by atoms with van der Waals surface area (Å²) in [4.78, 5) is 10.3. The second-order valence-electron chi connectivity index (χ2n) is 2.94. The SMILES string of the molecule is COCCN(C)c1ncc(Br)c(OC)n1. The van der Waals surface area contributed by atoms with E-state index in [0.29, 0.717) is 18.4 Å². The third kappa shape index (κ3) is 3.32. The van der Waals surface area contributed by atoms with Gasteiger partial charge in [0.25, 0.3) is 0 Å². The summed E-state index contributed by atoms with van der Waals surface area (Å²) >= 11 is 3.30. The van der Waals surface area contributed by atoms with Crippen LogP contribution in [0.15, 0.2) is 10.7 Å². The zero-order valence-electron chi connectivity index (χ0n) is 9.03. The lowest BCUT2D eigenvalue weighted by molar-refractivity contribution is 0.206. The Balaban J connectivity index is 2.76. The highest BCUT2D eigenvalue weighted by molar-refractivity contribution is 9.10. The largest absolute Gasteiger partial charge is 0.480 e. The fourth-order valence-electron chi connectivity index (χ4n) is 0.998. The number of nitrogens with zero attached hydrogens (tertiary/aromatic N) is 3. The zero-order valence-corrected chi connectivity index (χ0v) is 10.6. The molecule has 0 N–H and O–H groups in total. The van der Waals surface area contributed by atoms with E-state index in [4.69, 9.17) is 9.47 Å². The van der Waals surface area contributed by atoms with Crippen molar-refractivity contribution in [1.29, 1.82) is 0 Å². The van der Waals surface area contributed by atoms with Gasteiger partial charge in [-0.15, -0.1) is 0 Å². The summed E-state index contributed by atoms with van der Waals surface area (Å²) in [6.45, 7) is 1.37. The topological polar surface area (TPSA) is 47.5 Å². The maximum absolute atomic E-state index is 5.08. The molecular formula is C9H14BrN3O2. The van der Waals surface area contributed by atoms with Gasteiger partial charge in [-0.1, -0.05) is 0 Å². The minimum absolute atomic E-state index is 0.532. The van der Waals surface area contributed by atoms with Crippen molar-refractivity contribution < 1.29 is 9.47 Å². The number of likely N-dealkylation sites (N-methyl/N-ethyl adjacent to an activating group) is 1. The molecule has 1 rings (SSSR count). The lowest BCUT2D eigenvalue weighted by atomic mass is 10.5. The van der Waals surface area contributed by atoms with Crippen LogP contribution in [0.5, 0.6) is 5.88 Å². The normalized spacial score (nSPS) is 10.1. The first-order valence-corrected chi connectivity index (χ1v) is 5.25. The Morgan fingerprint density at radius 2 is 2.20 bits per heavy atom. The molecule has 0 fully saturated rings. The molecule has 5 nitrogen and oxygen atoms in total. The van der Waals surface area contributed by atoms with Crippen LogP contribution in [-0.2, 0) is 4.74 Å². The van der Waals surface area contributed by atoms with E-state index >= 15 is 0 Å². The Labute approximate surface area is 97.5 Å². The Bertz CT molecular complexity index is 322. The van der Waals surface area contributed by atoms with Gasteiger partial charge in [-0.2, -0.15) is 4.98 Å². The van der Waals surface area contributed by atoms with Crippen molar-refractivity contribution in [3.05, 3.63) is 10.7 Å². The molecule has 0 saturated carbocycles. The van der Waals surface area contributed by atoms with E-state index in [2.05, 4.69) is 25.9 Å². The Morgan fingerprint density at radius 1 is 1.47 bits per heavy atom. The molecule has 1 heterocycles.